The second kappa shape index (κ2) is 9.81. The lowest BCUT2D eigenvalue weighted by Gasteiger charge is -2.09. The molecule has 0 fully saturated rings. The van der Waals surface area contributed by atoms with Crippen molar-refractivity contribution in [3.63, 3.8) is 0 Å². The SMILES string of the molecule is COC(=O)CCCNC(=O)COC(=O)c1ccc2c(c1)NC(=O)CCS2. The monoisotopic (exact) mass is 380 g/mol. The van der Waals surface area contributed by atoms with E-state index in [-0.39, 0.29) is 30.4 Å². The summed E-state index contributed by atoms with van der Waals surface area (Å²) in [5.41, 5.74) is 0.823. The molecule has 0 saturated heterocycles. The zero-order chi connectivity index (χ0) is 18.9. The van der Waals surface area contributed by atoms with E-state index in [1.807, 2.05) is 0 Å². The van der Waals surface area contributed by atoms with Crippen molar-refractivity contribution in [2.24, 2.45) is 0 Å². The number of ether oxygens (including phenoxy) is 2. The number of hydrogen-bond donors (Lipinski definition) is 2. The van der Waals surface area contributed by atoms with Crippen LogP contribution in [0.2, 0.25) is 0 Å². The van der Waals surface area contributed by atoms with Crippen molar-refractivity contribution in [3.05, 3.63) is 23.8 Å². The lowest BCUT2D eigenvalue weighted by atomic mass is 10.2. The molecule has 0 spiro atoms. The average Bonchev–Trinajstić information content (AvgIpc) is 2.82. The van der Waals surface area contributed by atoms with Crippen LogP contribution in [-0.4, -0.2) is 49.8 Å². The molecule has 2 amide bonds. The molecule has 26 heavy (non-hydrogen) atoms. The zero-order valence-corrected chi connectivity index (χ0v) is 15.1. The van der Waals surface area contributed by atoms with E-state index in [0.29, 0.717) is 24.3 Å². The highest BCUT2D eigenvalue weighted by atomic mass is 32.2. The van der Waals surface area contributed by atoms with Gasteiger partial charge < -0.3 is 20.1 Å². The molecule has 0 unspecified atom stereocenters. The van der Waals surface area contributed by atoms with Crippen molar-refractivity contribution in [2.45, 2.75) is 24.2 Å². The van der Waals surface area contributed by atoms with Gasteiger partial charge in [-0.15, -0.1) is 11.8 Å². The van der Waals surface area contributed by atoms with Crippen LogP contribution in [-0.2, 0) is 23.9 Å². The van der Waals surface area contributed by atoms with Gasteiger partial charge in [0.15, 0.2) is 6.61 Å². The number of carbonyl (C=O) groups excluding carboxylic acids is 4. The predicted molar refractivity (Wildman–Crippen MR) is 95.0 cm³/mol. The molecule has 9 heteroatoms. The molecule has 1 aromatic carbocycles. The molecule has 8 nitrogen and oxygen atoms in total. The first-order chi connectivity index (χ1) is 12.5. The van der Waals surface area contributed by atoms with Crippen LogP contribution in [0, 0.1) is 0 Å². The summed E-state index contributed by atoms with van der Waals surface area (Å²) in [6.45, 7) is -0.136. The minimum absolute atomic E-state index is 0.104. The van der Waals surface area contributed by atoms with E-state index in [9.17, 15) is 19.2 Å². The normalized spacial score (nSPS) is 13.0. The van der Waals surface area contributed by atoms with Crippen molar-refractivity contribution in [1.82, 2.24) is 5.32 Å². The number of anilines is 1. The third-order valence-electron chi connectivity index (χ3n) is 3.52. The first kappa shape index (κ1) is 19.8. The minimum Gasteiger partial charge on any atom is -0.469 e. The number of methoxy groups -OCH3 is 1. The molecule has 1 aliphatic rings. The molecular formula is C17H20N2O6S. The Morgan fingerprint density at radius 2 is 2.12 bits per heavy atom. The van der Waals surface area contributed by atoms with Crippen molar-refractivity contribution in [3.8, 4) is 0 Å². The summed E-state index contributed by atoms with van der Waals surface area (Å²) in [6.07, 6.45) is 1.05. The lowest BCUT2D eigenvalue weighted by Crippen LogP contribution is -2.30. The highest BCUT2D eigenvalue weighted by molar-refractivity contribution is 7.99. The zero-order valence-electron chi connectivity index (χ0n) is 14.3. The Hall–Kier alpha value is -2.55. The van der Waals surface area contributed by atoms with E-state index in [0.717, 1.165) is 4.90 Å². The summed E-state index contributed by atoms with van der Waals surface area (Å²) in [4.78, 5) is 47.2. The van der Waals surface area contributed by atoms with Crippen LogP contribution < -0.4 is 10.6 Å². The van der Waals surface area contributed by atoms with E-state index in [2.05, 4.69) is 15.4 Å². The molecule has 2 rings (SSSR count). The third kappa shape index (κ3) is 6.07. The molecule has 0 saturated carbocycles. The third-order valence-corrected chi connectivity index (χ3v) is 4.59. The number of thioether (sulfide) groups is 1. The quantitative estimate of drug-likeness (QED) is 0.542. The number of amides is 2. The molecule has 1 heterocycles. The maximum atomic E-state index is 12.1. The minimum atomic E-state index is -0.652. The molecule has 0 aliphatic carbocycles. The molecule has 1 aliphatic heterocycles. The van der Waals surface area contributed by atoms with Gasteiger partial charge in [0, 0.05) is 30.0 Å². The number of nitrogens with one attached hydrogen (secondary N) is 2. The van der Waals surface area contributed by atoms with Gasteiger partial charge >= 0.3 is 11.9 Å². The van der Waals surface area contributed by atoms with E-state index >= 15 is 0 Å². The summed E-state index contributed by atoms with van der Waals surface area (Å²) < 4.78 is 9.47. The average molecular weight is 380 g/mol. The summed E-state index contributed by atoms with van der Waals surface area (Å²) in [7, 11) is 1.30. The molecular weight excluding hydrogens is 360 g/mol. The number of hydrogen-bond acceptors (Lipinski definition) is 7. The van der Waals surface area contributed by atoms with Crippen LogP contribution in [0.4, 0.5) is 5.69 Å². The Labute approximate surface area is 155 Å². The maximum Gasteiger partial charge on any atom is 0.338 e. The van der Waals surface area contributed by atoms with Crippen LogP contribution in [0.1, 0.15) is 29.6 Å². The number of fused-ring (bicyclic) bond motifs is 1. The van der Waals surface area contributed by atoms with E-state index in [1.165, 1.54) is 18.9 Å². The van der Waals surface area contributed by atoms with Gasteiger partial charge in [-0.1, -0.05) is 0 Å². The number of carbonyl (C=O) groups is 4. The van der Waals surface area contributed by atoms with Crippen LogP contribution in [0.15, 0.2) is 23.1 Å². The fourth-order valence-electron chi connectivity index (χ4n) is 2.17. The highest BCUT2D eigenvalue weighted by Crippen LogP contribution is 2.31. The maximum absolute atomic E-state index is 12.1. The van der Waals surface area contributed by atoms with Gasteiger partial charge in [0.05, 0.1) is 18.4 Å². The van der Waals surface area contributed by atoms with Crippen LogP contribution in [0.5, 0.6) is 0 Å². The predicted octanol–water partition coefficient (Wildman–Crippen LogP) is 1.35. The van der Waals surface area contributed by atoms with Crippen LogP contribution >= 0.6 is 11.8 Å². The highest BCUT2D eigenvalue weighted by Gasteiger charge is 2.17. The van der Waals surface area contributed by atoms with Gasteiger partial charge in [-0.25, -0.2) is 4.79 Å². The van der Waals surface area contributed by atoms with E-state index in [1.54, 1.807) is 18.2 Å². The Morgan fingerprint density at radius 3 is 2.88 bits per heavy atom. The van der Waals surface area contributed by atoms with Crippen molar-refractivity contribution >= 4 is 41.2 Å². The van der Waals surface area contributed by atoms with Gasteiger partial charge in [0.1, 0.15) is 0 Å². The topological polar surface area (TPSA) is 111 Å². The summed E-state index contributed by atoms with van der Waals surface area (Å²) in [6, 6.07) is 4.89. The summed E-state index contributed by atoms with van der Waals surface area (Å²) in [5, 5.41) is 5.29. The van der Waals surface area contributed by atoms with Crippen LogP contribution in [0.3, 0.4) is 0 Å². The Bertz CT molecular complexity index is 706. The van der Waals surface area contributed by atoms with Crippen molar-refractivity contribution in [2.75, 3.05) is 31.3 Å². The van der Waals surface area contributed by atoms with Crippen LogP contribution in [0.25, 0.3) is 0 Å². The molecule has 1 aromatic rings. The second-order valence-electron chi connectivity index (χ2n) is 5.46. The molecule has 0 bridgehead atoms. The molecule has 2 N–H and O–H groups in total. The van der Waals surface area contributed by atoms with Gasteiger partial charge in [-0.05, 0) is 24.6 Å². The van der Waals surface area contributed by atoms with E-state index < -0.39 is 18.5 Å². The first-order valence-electron chi connectivity index (χ1n) is 8.07. The van der Waals surface area contributed by atoms with Gasteiger partial charge in [0.25, 0.3) is 5.91 Å². The summed E-state index contributed by atoms with van der Waals surface area (Å²) in [5.74, 6) is -0.881. The molecule has 0 atom stereocenters. The number of rotatable bonds is 7. The Balaban J connectivity index is 1.80. The van der Waals surface area contributed by atoms with Gasteiger partial charge in [0.2, 0.25) is 5.91 Å². The Kier molecular flexibility index (Phi) is 7.46. The van der Waals surface area contributed by atoms with Gasteiger partial charge in [-0.3, -0.25) is 14.4 Å². The largest absolute Gasteiger partial charge is 0.469 e. The molecule has 140 valence electrons. The first-order valence-corrected chi connectivity index (χ1v) is 9.05. The standard InChI is InChI=1S/C17H20N2O6S/c1-24-16(22)3-2-7-18-15(21)10-25-17(23)11-4-5-13-12(9-11)19-14(20)6-8-26-13/h4-5,9H,2-3,6-8,10H2,1H3,(H,18,21)(H,19,20). The van der Waals surface area contributed by atoms with Crippen molar-refractivity contribution < 1.29 is 28.7 Å². The number of benzene rings is 1. The Morgan fingerprint density at radius 1 is 1.31 bits per heavy atom. The lowest BCUT2D eigenvalue weighted by molar-refractivity contribution is -0.140. The fraction of sp³-hybridized carbons (Fsp3) is 0.412. The molecule has 0 radical (unpaired) electrons. The fourth-order valence-corrected chi connectivity index (χ4v) is 3.11. The molecule has 0 aromatic heterocycles. The smallest absolute Gasteiger partial charge is 0.338 e. The van der Waals surface area contributed by atoms with Gasteiger partial charge in [-0.2, -0.15) is 0 Å². The van der Waals surface area contributed by atoms with E-state index in [4.69, 9.17) is 4.74 Å². The van der Waals surface area contributed by atoms with Crippen molar-refractivity contribution in [1.29, 1.82) is 0 Å². The second-order valence-corrected chi connectivity index (χ2v) is 6.60. The number of esters is 2. The summed E-state index contributed by atoms with van der Waals surface area (Å²) >= 11 is 1.53.